The molecule has 0 atom stereocenters. The number of ether oxygens (including phenoxy) is 2. The fraction of sp³-hybridized carbons (Fsp3) is 0.133. The van der Waals surface area contributed by atoms with Crippen LogP contribution in [0.3, 0.4) is 0 Å². The van der Waals surface area contributed by atoms with Gasteiger partial charge in [0.05, 0.1) is 24.3 Å². The molecule has 0 saturated heterocycles. The molecule has 1 aliphatic carbocycles. The molecular weight excluding hydrogens is 541 g/mol. The minimum absolute atomic E-state index is 0.0480. The van der Waals surface area contributed by atoms with Crippen LogP contribution in [0.1, 0.15) is 15.9 Å². The highest BCUT2D eigenvalue weighted by Gasteiger charge is 2.21. The molecular formula is C30H23Cl2NO6. The molecule has 198 valence electrons. The summed E-state index contributed by atoms with van der Waals surface area (Å²) < 4.78 is 16.7. The molecule has 3 aromatic rings. The summed E-state index contributed by atoms with van der Waals surface area (Å²) in [5, 5.41) is 13.9. The summed E-state index contributed by atoms with van der Waals surface area (Å²) in [5.74, 6) is 1.21. The van der Waals surface area contributed by atoms with E-state index in [4.69, 9.17) is 37.1 Å². The van der Waals surface area contributed by atoms with Crippen molar-refractivity contribution in [1.82, 2.24) is 5.32 Å². The minimum atomic E-state index is -0.380. The number of methoxy groups -OCH3 is 2. The van der Waals surface area contributed by atoms with E-state index in [2.05, 4.69) is 5.32 Å². The predicted octanol–water partition coefficient (Wildman–Crippen LogP) is 6.57. The topological polar surface area (TPSA) is 98.0 Å². The first-order valence-corrected chi connectivity index (χ1v) is 12.7. The molecule has 0 unspecified atom stereocenters. The summed E-state index contributed by atoms with van der Waals surface area (Å²) in [6, 6.07) is 18.5. The number of fused-ring (bicyclic) bond motifs is 2. The van der Waals surface area contributed by atoms with Crippen molar-refractivity contribution in [2.24, 2.45) is 0 Å². The third-order valence-electron chi connectivity index (χ3n) is 6.44. The molecule has 1 aliphatic heterocycles. The van der Waals surface area contributed by atoms with Gasteiger partial charge in [0.1, 0.15) is 17.1 Å². The van der Waals surface area contributed by atoms with Gasteiger partial charge in [-0.15, -0.1) is 0 Å². The Kier molecular flexibility index (Phi) is 7.37. The van der Waals surface area contributed by atoms with Crippen molar-refractivity contribution in [1.29, 1.82) is 0 Å². The molecule has 2 aliphatic rings. The molecule has 0 bridgehead atoms. The lowest BCUT2D eigenvalue weighted by Gasteiger charge is -2.16. The molecule has 2 N–H and O–H groups in total. The van der Waals surface area contributed by atoms with Crippen LogP contribution in [0.15, 0.2) is 75.9 Å². The van der Waals surface area contributed by atoms with Crippen LogP contribution in [0.5, 0.6) is 17.2 Å². The van der Waals surface area contributed by atoms with E-state index in [0.717, 1.165) is 11.1 Å². The van der Waals surface area contributed by atoms with Crippen molar-refractivity contribution in [3.63, 3.8) is 0 Å². The van der Waals surface area contributed by atoms with Gasteiger partial charge in [0.25, 0.3) is 5.91 Å². The van der Waals surface area contributed by atoms with E-state index >= 15 is 0 Å². The Bertz CT molecular complexity index is 1730. The van der Waals surface area contributed by atoms with Crippen LogP contribution < -0.4 is 20.2 Å². The Morgan fingerprint density at radius 3 is 2.46 bits per heavy atom. The van der Waals surface area contributed by atoms with Gasteiger partial charge in [-0.1, -0.05) is 47.5 Å². The maximum Gasteiger partial charge on any atom is 0.251 e. The van der Waals surface area contributed by atoms with Gasteiger partial charge in [-0.25, -0.2) is 0 Å². The van der Waals surface area contributed by atoms with Crippen molar-refractivity contribution >= 4 is 40.1 Å². The SMILES string of the molecule is COc1cccc(CCNC(=O)c2ccc(-c3c4cc(Cl)c(=O)cc-4oc4cc(O)c(Cl)cc34)cc2)c1OC. The zero-order valence-corrected chi connectivity index (χ0v) is 22.5. The number of benzene rings is 4. The first-order chi connectivity index (χ1) is 18.8. The van der Waals surface area contributed by atoms with E-state index in [0.29, 0.717) is 57.9 Å². The van der Waals surface area contributed by atoms with Crippen molar-refractivity contribution in [3.8, 4) is 39.7 Å². The smallest absolute Gasteiger partial charge is 0.251 e. The highest BCUT2D eigenvalue weighted by molar-refractivity contribution is 6.33. The van der Waals surface area contributed by atoms with Crippen molar-refractivity contribution < 1.29 is 23.8 Å². The van der Waals surface area contributed by atoms with Crippen molar-refractivity contribution in [2.75, 3.05) is 20.8 Å². The van der Waals surface area contributed by atoms with Gasteiger partial charge in [0.2, 0.25) is 5.43 Å². The van der Waals surface area contributed by atoms with E-state index in [1.165, 1.54) is 12.1 Å². The number of rotatable bonds is 7. The molecule has 1 heterocycles. The average Bonchev–Trinajstić information content (AvgIpc) is 2.93. The zero-order valence-electron chi connectivity index (χ0n) is 21.0. The van der Waals surface area contributed by atoms with Crippen molar-refractivity contribution in [3.05, 3.63) is 98.1 Å². The quantitative estimate of drug-likeness (QED) is 0.217. The van der Waals surface area contributed by atoms with Crippen LogP contribution in [0.2, 0.25) is 10.0 Å². The molecule has 7 nitrogen and oxygen atoms in total. The van der Waals surface area contributed by atoms with E-state index in [9.17, 15) is 14.7 Å². The molecule has 0 spiro atoms. The van der Waals surface area contributed by atoms with Gasteiger partial charge >= 0.3 is 0 Å². The maximum absolute atomic E-state index is 12.9. The molecule has 5 rings (SSSR count). The maximum atomic E-state index is 12.9. The second kappa shape index (κ2) is 10.9. The highest BCUT2D eigenvalue weighted by atomic mass is 35.5. The Morgan fingerprint density at radius 1 is 0.974 bits per heavy atom. The summed E-state index contributed by atoms with van der Waals surface area (Å²) in [7, 11) is 3.16. The van der Waals surface area contributed by atoms with E-state index in [1.54, 1.807) is 50.6 Å². The normalized spacial score (nSPS) is 11.1. The van der Waals surface area contributed by atoms with Crippen LogP contribution in [-0.2, 0) is 6.42 Å². The van der Waals surface area contributed by atoms with Crippen LogP contribution in [0.4, 0.5) is 0 Å². The average molecular weight is 564 g/mol. The van der Waals surface area contributed by atoms with Crippen molar-refractivity contribution in [2.45, 2.75) is 6.42 Å². The standard InChI is InChI=1S/C30H23Cl2NO6/c1-37-25-5-3-4-17(29(25)38-2)10-11-33-30(36)18-8-6-16(7-9-18)28-19-12-21(31)23(34)14-26(19)39-27-15-24(35)22(32)13-20(27)28/h3-9,12-15,34H,10-11H2,1-2H3,(H,33,36). The molecule has 39 heavy (non-hydrogen) atoms. The first kappa shape index (κ1) is 26.4. The number of phenolic OH excluding ortho intramolecular Hbond substituents is 1. The van der Waals surface area contributed by atoms with Gasteiger partial charge in [-0.2, -0.15) is 0 Å². The van der Waals surface area contributed by atoms with E-state index in [1.807, 2.05) is 18.2 Å². The van der Waals surface area contributed by atoms with Gasteiger partial charge in [0.15, 0.2) is 11.5 Å². The number of phenols is 1. The van der Waals surface area contributed by atoms with Gasteiger partial charge in [0, 0.05) is 40.8 Å². The predicted molar refractivity (Wildman–Crippen MR) is 152 cm³/mol. The van der Waals surface area contributed by atoms with E-state index < -0.39 is 0 Å². The van der Waals surface area contributed by atoms with Gasteiger partial charge in [-0.05, 0) is 47.9 Å². The number of hydrogen-bond acceptors (Lipinski definition) is 6. The zero-order chi connectivity index (χ0) is 27.7. The molecule has 0 fully saturated rings. The lowest BCUT2D eigenvalue weighted by molar-refractivity contribution is 0.0954. The fourth-order valence-corrected chi connectivity index (χ4v) is 4.89. The number of halogens is 2. The molecule has 3 aromatic carbocycles. The molecule has 0 radical (unpaired) electrons. The van der Waals surface area contributed by atoms with Crippen LogP contribution in [-0.4, -0.2) is 31.8 Å². The number of carbonyl (C=O) groups is 1. The monoisotopic (exact) mass is 563 g/mol. The van der Waals surface area contributed by atoms with Crippen LogP contribution in [0, 0.1) is 0 Å². The number of nitrogens with one attached hydrogen (secondary N) is 1. The fourth-order valence-electron chi connectivity index (χ4n) is 4.56. The highest BCUT2D eigenvalue weighted by Crippen LogP contribution is 2.43. The third kappa shape index (κ3) is 5.11. The largest absolute Gasteiger partial charge is 0.506 e. The molecule has 1 amide bonds. The molecule has 9 heteroatoms. The third-order valence-corrected chi connectivity index (χ3v) is 7.04. The molecule has 0 aromatic heterocycles. The number of aromatic hydroxyl groups is 1. The molecule has 0 saturated carbocycles. The summed E-state index contributed by atoms with van der Waals surface area (Å²) in [4.78, 5) is 25.1. The Balaban J connectivity index is 1.44. The number of amides is 1. The number of carbonyl (C=O) groups excluding carboxylic acids is 1. The summed E-state index contributed by atoms with van der Waals surface area (Å²) >= 11 is 12.4. The summed E-state index contributed by atoms with van der Waals surface area (Å²) in [6.45, 7) is 0.400. The van der Waals surface area contributed by atoms with Gasteiger partial charge in [-0.3, -0.25) is 9.59 Å². The Labute approximate surface area is 233 Å². The number of hydrogen-bond donors (Lipinski definition) is 2. The van der Waals surface area contributed by atoms with Crippen LogP contribution in [0.25, 0.3) is 33.4 Å². The van der Waals surface area contributed by atoms with Gasteiger partial charge < -0.3 is 24.3 Å². The first-order valence-electron chi connectivity index (χ1n) is 12.0. The lowest BCUT2D eigenvalue weighted by atomic mass is 9.93. The summed E-state index contributed by atoms with van der Waals surface area (Å²) in [5.41, 5.74) is 3.40. The Hall–Kier alpha value is -4.20. The Morgan fingerprint density at radius 2 is 1.74 bits per heavy atom. The lowest BCUT2D eigenvalue weighted by Crippen LogP contribution is -2.25. The summed E-state index contributed by atoms with van der Waals surface area (Å²) in [6.07, 6.45) is 0.561. The number of para-hydroxylation sites is 1. The minimum Gasteiger partial charge on any atom is -0.506 e. The second-order valence-corrected chi connectivity index (χ2v) is 9.61. The van der Waals surface area contributed by atoms with Crippen LogP contribution >= 0.6 is 23.2 Å². The second-order valence-electron chi connectivity index (χ2n) is 8.79. The van der Waals surface area contributed by atoms with E-state index in [-0.39, 0.29) is 27.1 Å².